The van der Waals surface area contributed by atoms with Crippen molar-refractivity contribution in [3.63, 3.8) is 0 Å². The molecule has 0 atom stereocenters. The van der Waals surface area contributed by atoms with E-state index in [1.807, 2.05) is 49.8 Å². The van der Waals surface area contributed by atoms with E-state index in [0.717, 1.165) is 56.4 Å². The van der Waals surface area contributed by atoms with Gasteiger partial charge in [-0.3, -0.25) is 0 Å². The first-order valence-electron chi connectivity index (χ1n) is 18.6. The molecule has 0 spiro atoms. The average Bonchev–Trinajstić information content (AvgIpc) is 3.25. The summed E-state index contributed by atoms with van der Waals surface area (Å²) >= 11 is 0. The van der Waals surface area contributed by atoms with E-state index in [1.54, 1.807) is 6.08 Å². The SMILES string of the molecule is C=C/C=C\N/C=C/C=c1/cccc/c1=C/c1c(N(/N=C\C=C/C)c2ccc3ccccc3c2)ccccccc2cc3c(cc12)C/C=C\C=C/CC3(C)C. The van der Waals surface area contributed by atoms with Gasteiger partial charge in [0.1, 0.15) is 0 Å². The number of nitrogens with one attached hydrogen (secondary N) is 1. The molecule has 0 saturated heterocycles. The molecule has 0 amide bonds. The van der Waals surface area contributed by atoms with Crippen LogP contribution in [-0.2, 0) is 11.8 Å². The molecule has 268 valence electrons. The number of fused-ring (bicyclic) bond motifs is 3. The van der Waals surface area contributed by atoms with E-state index in [2.05, 4.69) is 182 Å². The fourth-order valence-electron chi connectivity index (χ4n) is 6.76. The summed E-state index contributed by atoms with van der Waals surface area (Å²) in [5.74, 6) is 0. The van der Waals surface area contributed by atoms with Gasteiger partial charge in [0.2, 0.25) is 0 Å². The Bertz CT molecular complexity index is 2490. The summed E-state index contributed by atoms with van der Waals surface area (Å²) in [6.07, 6.45) is 30.4. The van der Waals surface area contributed by atoms with Crippen LogP contribution >= 0.6 is 0 Å². The first-order chi connectivity index (χ1) is 26.5. The lowest BCUT2D eigenvalue weighted by molar-refractivity contribution is 0.530. The van der Waals surface area contributed by atoms with Crippen molar-refractivity contribution in [2.75, 3.05) is 5.01 Å². The molecule has 1 N–H and O–H groups in total. The van der Waals surface area contributed by atoms with E-state index in [0.29, 0.717) is 0 Å². The normalized spacial score (nSPS) is 16.0. The zero-order valence-corrected chi connectivity index (χ0v) is 31.6. The minimum atomic E-state index is -0.0428. The number of hydrogen-bond donors (Lipinski definition) is 1. The Morgan fingerprint density at radius 3 is 2.28 bits per heavy atom. The van der Waals surface area contributed by atoms with E-state index in [4.69, 9.17) is 5.10 Å². The Kier molecular flexibility index (Phi) is 12.7. The molecule has 0 radical (unpaired) electrons. The summed E-state index contributed by atoms with van der Waals surface area (Å²) in [6, 6.07) is 41.3. The maximum atomic E-state index is 5.15. The first kappa shape index (κ1) is 37.3. The standard InChI is InChI=1S/C51H49N3/c1-5-7-33-52-34-21-28-40-22-16-19-25-43(40)37-48-47-38-45-27-14-11-12-20-32-51(3,4)49(45)39-44(47)26-13-9-10-15-29-50(48)54(53-35-8-6-2)46-31-30-41-23-17-18-24-42(41)36-46/h5-26,28-31,33-39,52H,1,27,32H2,2-4H3/b8-6-,10-9?,13-9?,14-11-,15-10?,20-12-,26-13?,29-15?,33-7-,34-21+,40-28-,43-37-,44-26?,48-47?,50-29?,50-48?,53-35-. The van der Waals surface area contributed by atoms with Crippen LogP contribution in [0.15, 0.2) is 194 Å². The van der Waals surface area contributed by atoms with Crippen LogP contribution in [0.5, 0.6) is 0 Å². The fraction of sp³-hybridized carbons (Fsp3) is 0.118. The van der Waals surface area contributed by atoms with Crippen LogP contribution in [0.1, 0.15) is 43.9 Å². The number of rotatable bonds is 9. The molecule has 0 aromatic heterocycles. The van der Waals surface area contributed by atoms with Crippen molar-refractivity contribution < 1.29 is 0 Å². The summed E-state index contributed by atoms with van der Waals surface area (Å²) in [5.41, 5.74) is 5.63. The summed E-state index contributed by atoms with van der Waals surface area (Å²) in [4.78, 5) is 0. The predicted octanol–water partition coefficient (Wildman–Crippen LogP) is 11.6. The highest BCUT2D eigenvalue weighted by atomic mass is 15.5. The van der Waals surface area contributed by atoms with Gasteiger partial charge >= 0.3 is 0 Å². The van der Waals surface area contributed by atoms with Crippen LogP contribution < -0.4 is 20.8 Å². The highest BCUT2D eigenvalue weighted by molar-refractivity contribution is 5.97. The van der Waals surface area contributed by atoms with E-state index in [9.17, 15) is 0 Å². The Balaban J connectivity index is 1.76. The molecule has 5 aromatic rings. The number of nitrogens with zero attached hydrogens (tertiary/aromatic N) is 2. The Hall–Kier alpha value is -6.45. The molecule has 0 heterocycles. The second-order valence-corrected chi connectivity index (χ2v) is 13.8. The van der Waals surface area contributed by atoms with Crippen molar-refractivity contribution in [3.8, 4) is 0 Å². The van der Waals surface area contributed by atoms with Gasteiger partial charge in [-0.05, 0) is 117 Å². The maximum Gasteiger partial charge on any atom is 0.0731 e. The maximum absolute atomic E-state index is 5.15. The third-order valence-electron chi connectivity index (χ3n) is 9.54. The molecule has 0 saturated carbocycles. The lowest BCUT2D eigenvalue weighted by atomic mass is 9.77. The number of hydrogen-bond acceptors (Lipinski definition) is 3. The molecule has 1 aliphatic rings. The highest BCUT2D eigenvalue weighted by Gasteiger charge is 2.24. The molecule has 0 fully saturated rings. The molecule has 3 heteroatoms. The average molecular weight is 704 g/mol. The minimum Gasteiger partial charge on any atom is -0.368 e. The Morgan fingerprint density at radius 2 is 1.44 bits per heavy atom. The second-order valence-electron chi connectivity index (χ2n) is 13.8. The molecule has 0 unspecified atom stereocenters. The van der Waals surface area contributed by atoms with Crippen molar-refractivity contribution in [3.05, 3.63) is 216 Å². The summed E-state index contributed by atoms with van der Waals surface area (Å²) in [5, 5.41) is 17.2. The topological polar surface area (TPSA) is 27.6 Å². The quantitative estimate of drug-likeness (QED) is 0.0940. The van der Waals surface area contributed by atoms with Crippen LogP contribution in [0.4, 0.5) is 11.4 Å². The number of hydrazone groups is 1. The van der Waals surface area contributed by atoms with Crippen LogP contribution in [-0.4, -0.2) is 6.21 Å². The zero-order chi connectivity index (χ0) is 37.6. The van der Waals surface area contributed by atoms with Crippen LogP contribution in [0.2, 0.25) is 0 Å². The smallest absolute Gasteiger partial charge is 0.0731 e. The Labute approximate surface area is 320 Å². The molecule has 1 aliphatic carbocycles. The van der Waals surface area contributed by atoms with E-state index < -0.39 is 0 Å². The molecule has 0 aliphatic heterocycles. The monoisotopic (exact) mass is 703 g/mol. The molecule has 6 rings (SSSR count). The van der Waals surface area contributed by atoms with Crippen molar-refractivity contribution in [1.82, 2.24) is 5.32 Å². The van der Waals surface area contributed by atoms with Gasteiger partial charge < -0.3 is 5.32 Å². The van der Waals surface area contributed by atoms with Crippen LogP contribution in [0, 0.1) is 0 Å². The second kappa shape index (κ2) is 18.3. The van der Waals surface area contributed by atoms with Gasteiger partial charge in [-0.2, -0.15) is 5.10 Å². The molecule has 3 nitrogen and oxygen atoms in total. The van der Waals surface area contributed by atoms with Crippen LogP contribution in [0.3, 0.4) is 0 Å². The van der Waals surface area contributed by atoms with Crippen LogP contribution in [0.25, 0.3) is 33.7 Å². The third kappa shape index (κ3) is 9.31. The number of allylic oxidation sites excluding steroid dienone is 9. The summed E-state index contributed by atoms with van der Waals surface area (Å²) in [6.45, 7) is 10.5. The van der Waals surface area contributed by atoms with Crippen molar-refractivity contribution in [2.24, 2.45) is 5.10 Å². The van der Waals surface area contributed by atoms with E-state index in [-0.39, 0.29) is 5.41 Å². The molecular formula is C51H49N3. The third-order valence-corrected chi connectivity index (χ3v) is 9.54. The van der Waals surface area contributed by atoms with Gasteiger partial charge in [0, 0.05) is 24.2 Å². The molecule has 5 aromatic carbocycles. The molecule has 54 heavy (non-hydrogen) atoms. The van der Waals surface area contributed by atoms with Gasteiger partial charge in [0.05, 0.1) is 11.4 Å². The lowest BCUT2D eigenvalue weighted by Crippen LogP contribution is -2.24. The van der Waals surface area contributed by atoms with Crippen molar-refractivity contribution in [1.29, 1.82) is 0 Å². The first-order valence-corrected chi connectivity index (χ1v) is 18.6. The highest BCUT2D eigenvalue weighted by Crippen LogP contribution is 2.38. The largest absolute Gasteiger partial charge is 0.368 e. The summed E-state index contributed by atoms with van der Waals surface area (Å²) < 4.78 is 0. The Morgan fingerprint density at radius 1 is 0.722 bits per heavy atom. The van der Waals surface area contributed by atoms with Gasteiger partial charge in [-0.15, -0.1) is 0 Å². The molecule has 0 bridgehead atoms. The number of benzene rings is 4. The summed E-state index contributed by atoms with van der Waals surface area (Å²) in [7, 11) is 0. The van der Waals surface area contributed by atoms with Crippen molar-refractivity contribution >= 4 is 51.3 Å². The molecular weight excluding hydrogens is 655 g/mol. The minimum absolute atomic E-state index is 0.0428. The van der Waals surface area contributed by atoms with E-state index in [1.165, 1.54) is 16.5 Å². The van der Waals surface area contributed by atoms with E-state index >= 15 is 0 Å². The van der Waals surface area contributed by atoms with Gasteiger partial charge in [-0.1, -0.05) is 154 Å². The lowest BCUT2D eigenvalue weighted by Gasteiger charge is -2.27. The van der Waals surface area contributed by atoms with Gasteiger partial charge in [0.15, 0.2) is 0 Å². The van der Waals surface area contributed by atoms with Gasteiger partial charge in [0.25, 0.3) is 0 Å². The number of anilines is 2. The predicted molar refractivity (Wildman–Crippen MR) is 236 cm³/mol. The van der Waals surface area contributed by atoms with Gasteiger partial charge in [-0.25, -0.2) is 5.01 Å². The fourth-order valence-corrected chi connectivity index (χ4v) is 6.76. The van der Waals surface area contributed by atoms with Crippen molar-refractivity contribution in [2.45, 2.75) is 39.0 Å². The zero-order valence-electron chi connectivity index (χ0n) is 31.6.